The van der Waals surface area contributed by atoms with E-state index in [1.54, 1.807) is 18.9 Å². The van der Waals surface area contributed by atoms with Crippen LogP contribution >= 0.6 is 0 Å². The maximum absolute atomic E-state index is 11.7. The van der Waals surface area contributed by atoms with Crippen molar-refractivity contribution >= 4 is 17.9 Å². The molecule has 0 aromatic heterocycles. The Bertz CT molecular complexity index is 367. The van der Waals surface area contributed by atoms with Crippen molar-refractivity contribution in [1.29, 1.82) is 0 Å². The zero-order chi connectivity index (χ0) is 15.7. The maximum atomic E-state index is 11.7. The number of esters is 1. The Hall–Kier alpha value is -1.63. The third-order valence-electron chi connectivity index (χ3n) is 3.36. The molecule has 1 aliphatic rings. The molecule has 1 rings (SSSR count). The zero-order valence-electron chi connectivity index (χ0n) is 12.8. The molecule has 0 spiro atoms. The van der Waals surface area contributed by atoms with Gasteiger partial charge in [-0.15, -0.1) is 0 Å². The van der Waals surface area contributed by atoms with Crippen molar-refractivity contribution in [2.75, 3.05) is 26.7 Å². The second-order valence-electron chi connectivity index (χ2n) is 5.30. The molecule has 0 aliphatic heterocycles. The van der Waals surface area contributed by atoms with Gasteiger partial charge in [-0.25, -0.2) is 4.79 Å². The Morgan fingerprint density at radius 2 is 1.90 bits per heavy atom. The Kier molecular flexibility index (Phi) is 7.74. The number of likely N-dealkylation sites (N-methyl/N-ethyl adjacent to an activating group) is 1. The van der Waals surface area contributed by atoms with E-state index < -0.39 is 6.03 Å². The van der Waals surface area contributed by atoms with Crippen molar-refractivity contribution in [3.63, 3.8) is 0 Å². The van der Waals surface area contributed by atoms with Gasteiger partial charge < -0.3 is 10.1 Å². The minimum absolute atomic E-state index is 0.0670. The van der Waals surface area contributed by atoms with E-state index in [1.807, 2.05) is 0 Å². The summed E-state index contributed by atoms with van der Waals surface area (Å²) < 4.78 is 4.81. The average Bonchev–Trinajstić information content (AvgIpc) is 2.89. The van der Waals surface area contributed by atoms with E-state index in [0.717, 1.165) is 25.7 Å². The van der Waals surface area contributed by atoms with Gasteiger partial charge in [-0.05, 0) is 26.8 Å². The number of imide groups is 1. The molecule has 0 heterocycles. The summed E-state index contributed by atoms with van der Waals surface area (Å²) in [5.74, 6) is -0.666. The highest BCUT2D eigenvalue weighted by molar-refractivity contribution is 5.95. The van der Waals surface area contributed by atoms with Gasteiger partial charge in [0.05, 0.1) is 19.6 Å². The molecular formula is C14H25N3O4. The minimum atomic E-state index is -0.439. The largest absolute Gasteiger partial charge is 0.466 e. The standard InChI is InChI=1S/C14H25N3O4/c1-3-21-13(19)8-9-17(2)10-12(18)16-14(20)15-11-6-4-5-7-11/h11H,3-10H2,1-2H3,(H2,15,16,18,20). The lowest BCUT2D eigenvalue weighted by Gasteiger charge is -2.16. The minimum Gasteiger partial charge on any atom is -0.466 e. The van der Waals surface area contributed by atoms with E-state index in [2.05, 4.69) is 10.6 Å². The van der Waals surface area contributed by atoms with E-state index in [-0.39, 0.29) is 30.9 Å². The fraction of sp³-hybridized carbons (Fsp3) is 0.786. The van der Waals surface area contributed by atoms with Crippen LogP contribution in [0.25, 0.3) is 0 Å². The molecule has 3 amide bonds. The van der Waals surface area contributed by atoms with Crippen LogP contribution in [-0.4, -0.2) is 55.6 Å². The number of carbonyl (C=O) groups excluding carboxylic acids is 3. The quantitative estimate of drug-likeness (QED) is 0.674. The predicted molar refractivity (Wildman–Crippen MR) is 77.7 cm³/mol. The van der Waals surface area contributed by atoms with Crippen LogP contribution in [0.2, 0.25) is 0 Å². The van der Waals surface area contributed by atoms with Crippen molar-refractivity contribution in [3.05, 3.63) is 0 Å². The van der Waals surface area contributed by atoms with E-state index in [1.165, 1.54) is 0 Å². The number of amides is 3. The molecule has 7 heteroatoms. The van der Waals surface area contributed by atoms with Gasteiger partial charge in [0.2, 0.25) is 5.91 Å². The lowest BCUT2D eigenvalue weighted by Crippen LogP contribution is -2.46. The first-order chi connectivity index (χ1) is 10.0. The molecule has 21 heavy (non-hydrogen) atoms. The van der Waals surface area contributed by atoms with Crippen molar-refractivity contribution in [1.82, 2.24) is 15.5 Å². The summed E-state index contributed by atoms with van der Waals surface area (Å²) in [5, 5.41) is 5.09. The molecule has 0 atom stereocenters. The number of rotatable bonds is 7. The van der Waals surface area contributed by atoms with Crippen LogP contribution in [0.3, 0.4) is 0 Å². The molecule has 0 radical (unpaired) electrons. The molecule has 2 N–H and O–H groups in total. The van der Waals surface area contributed by atoms with Gasteiger partial charge in [-0.2, -0.15) is 0 Å². The number of hydrogen-bond acceptors (Lipinski definition) is 5. The lowest BCUT2D eigenvalue weighted by molar-refractivity contribution is -0.143. The molecule has 0 aromatic rings. The summed E-state index contributed by atoms with van der Waals surface area (Å²) in [7, 11) is 1.72. The van der Waals surface area contributed by atoms with Gasteiger partial charge in [-0.1, -0.05) is 12.8 Å². The number of ether oxygens (including phenoxy) is 1. The Balaban J connectivity index is 2.16. The topological polar surface area (TPSA) is 87.7 Å². The monoisotopic (exact) mass is 299 g/mol. The van der Waals surface area contributed by atoms with E-state index >= 15 is 0 Å². The molecule has 1 aliphatic carbocycles. The summed E-state index contributed by atoms with van der Waals surface area (Å²) in [6.07, 6.45) is 4.42. The summed E-state index contributed by atoms with van der Waals surface area (Å²) in [6.45, 7) is 2.58. The van der Waals surface area contributed by atoms with Crippen molar-refractivity contribution in [2.24, 2.45) is 0 Å². The first-order valence-corrected chi connectivity index (χ1v) is 7.45. The predicted octanol–water partition coefficient (Wildman–Crippen LogP) is 0.640. The number of nitrogens with one attached hydrogen (secondary N) is 2. The fourth-order valence-electron chi connectivity index (χ4n) is 2.30. The fourth-order valence-corrected chi connectivity index (χ4v) is 2.30. The molecule has 1 saturated carbocycles. The lowest BCUT2D eigenvalue weighted by atomic mass is 10.2. The van der Waals surface area contributed by atoms with Crippen molar-refractivity contribution in [2.45, 2.75) is 45.1 Å². The molecule has 0 unspecified atom stereocenters. The Labute approximate surface area is 125 Å². The van der Waals surface area contributed by atoms with Crippen LogP contribution in [0, 0.1) is 0 Å². The smallest absolute Gasteiger partial charge is 0.321 e. The highest BCUT2D eigenvalue weighted by atomic mass is 16.5. The van der Waals surface area contributed by atoms with Crippen LogP contribution in [0.5, 0.6) is 0 Å². The summed E-state index contributed by atoms with van der Waals surface area (Å²) in [4.78, 5) is 36.2. The molecule has 120 valence electrons. The molecule has 7 nitrogen and oxygen atoms in total. The van der Waals surface area contributed by atoms with Gasteiger partial charge in [0.25, 0.3) is 0 Å². The van der Waals surface area contributed by atoms with Crippen molar-refractivity contribution in [3.8, 4) is 0 Å². The summed E-state index contributed by atoms with van der Waals surface area (Å²) in [6, 6.07) is -0.259. The third kappa shape index (κ3) is 7.65. The van der Waals surface area contributed by atoms with E-state index in [4.69, 9.17) is 4.74 Å². The number of carbonyl (C=O) groups is 3. The highest BCUT2D eigenvalue weighted by Gasteiger charge is 2.18. The van der Waals surface area contributed by atoms with Crippen molar-refractivity contribution < 1.29 is 19.1 Å². The molecule has 0 bridgehead atoms. The Morgan fingerprint density at radius 1 is 1.24 bits per heavy atom. The third-order valence-corrected chi connectivity index (χ3v) is 3.36. The number of nitrogens with zero attached hydrogens (tertiary/aromatic N) is 1. The second-order valence-corrected chi connectivity index (χ2v) is 5.30. The molecular weight excluding hydrogens is 274 g/mol. The van der Waals surface area contributed by atoms with E-state index in [0.29, 0.717) is 13.2 Å². The molecule has 0 aromatic carbocycles. The van der Waals surface area contributed by atoms with Gasteiger partial charge in [0.1, 0.15) is 0 Å². The number of hydrogen-bond donors (Lipinski definition) is 2. The van der Waals surface area contributed by atoms with Crippen LogP contribution in [-0.2, 0) is 14.3 Å². The van der Waals surface area contributed by atoms with E-state index in [9.17, 15) is 14.4 Å². The number of urea groups is 1. The summed E-state index contributed by atoms with van der Waals surface area (Å²) >= 11 is 0. The van der Waals surface area contributed by atoms with Crippen LogP contribution in [0.1, 0.15) is 39.0 Å². The van der Waals surface area contributed by atoms with Gasteiger partial charge >= 0.3 is 12.0 Å². The first-order valence-electron chi connectivity index (χ1n) is 7.45. The molecule has 1 fully saturated rings. The SMILES string of the molecule is CCOC(=O)CCN(C)CC(=O)NC(=O)NC1CCCC1. The zero-order valence-corrected chi connectivity index (χ0v) is 12.8. The molecule has 0 saturated heterocycles. The van der Waals surface area contributed by atoms with Crippen LogP contribution in [0.15, 0.2) is 0 Å². The maximum Gasteiger partial charge on any atom is 0.321 e. The highest BCUT2D eigenvalue weighted by Crippen LogP contribution is 2.17. The normalized spacial score (nSPS) is 15.0. The van der Waals surface area contributed by atoms with Gasteiger partial charge in [0, 0.05) is 12.6 Å². The van der Waals surface area contributed by atoms with Gasteiger partial charge in [0.15, 0.2) is 0 Å². The average molecular weight is 299 g/mol. The van der Waals surface area contributed by atoms with Crippen LogP contribution in [0.4, 0.5) is 4.79 Å². The summed E-state index contributed by atoms with van der Waals surface area (Å²) in [5.41, 5.74) is 0. The second kappa shape index (κ2) is 9.33. The first kappa shape index (κ1) is 17.4. The van der Waals surface area contributed by atoms with Gasteiger partial charge in [-0.3, -0.25) is 19.8 Å². The Morgan fingerprint density at radius 3 is 2.52 bits per heavy atom. The van der Waals surface area contributed by atoms with Crippen LogP contribution < -0.4 is 10.6 Å².